The van der Waals surface area contributed by atoms with Crippen molar-refractivity contribution >= 4 is 11.6 Å². The van der Waals surface area contributed by atoms with Crippen molar-refractivity contribution in [3.8, 4) is 22.9 Å². The third kappa shape index (κ3) is 4.82. The van der Waals surface area contributed by atoms with Crippen LogP contribution in [0, 0.1) is 0 Å². The molecule has 0 saturated heterocycles. The molecule has 184 valence electrons. The van der Waals surface area contributed by atoms with Gasteiger partial charge in [-0.2, -0.15) is 36.3 Å². The van der Waals surface area contributed by atoms with Crippen molar-refractivity contribution < 1.29 is 31.1 Å². The second-order valence-electron chi connectivity index (χ2n) is 7.70. The Morgan fingerprint density at radius 2 is 1.50 bits per heavy atom. The van der Waals surface area contributed by atoms with Crippen molar-refractivity contribution in [2.24, 2.45) is 0 Å². The molecule has 1 aromatic carbocycles. The molecule has 0 fully saturated rings. The molecule has 5 rings (SSSR count). The fourth-order valence-electron chi connectivity index (χ4n) is 3.59. The molecule has 0 unspecified atom stereocenters. The smallest absolute Gasteiger partial charge is 0.372 e. The van der Waals surface area contributed by atoms with Gasteiger partial charge in [0.05, 0.1) is 13.2 Å². The number of rotatable bonds is 4. The Hall–Kier alpha value is -4.13. The molecule has 0 aliphatic carbocycles. The summed E-state index contributed by atoms with van der Waals surface area (Å²) in [5.74, 6) is -0.297. The third-order valence-corrected chi connectivity index (χ3v) is 5.23. The van der Waals surface area contributed by atoms with Gasteiger partial charge < -0.3 is 10.1 Å². The minimum absolute atomic E-state index is 0.0287. The molecule has 4 heterocycles. The summed E-state index contributed by atoms with van der Waals surface area (Å²) in [7, 11) is 0. The molecule has 1 aliphatic heterocycles. The molecular weight excluding hydrogens is 490 g/mol. The second-order valence-corrected chi connectivity index (χ2v) is 7.70. The van der Waals surface area contributed by atoms with E-state index in [0.717, 1.165) is 35.5 Å². The van der Waals surface area contributed by atoms with E-state index in [4.69, 9.17) is 4.74 Å². The van der Waals surface area contributed by atoms with Crippen LogP contribution >= 0.6 is 0 Å². The van der Waals surface area contributed by atoms with Crippen LogP contribution in [0.3, 0.4) is 0 Å². The van der Waals surface area contributed by atoms with E-state index in [1.807, 2.05) is 6.07 Å². The Morgan fingerprint density at radius 3 is 2.28 bits per heavy atom. The van der Waals surface area contributed by atoms with Crippen LogP contribution in [0.1, 0.15) is 22.5 Å². The van der Waals surface area contributed by atoms with Crippen LogP contribution < -0.4 is 5.32 Å². The maximum atomic E-state index is 13.2. The monoisotopic (exact) mass is 504 g/mol. The molecule has 13 heteroatoms. The van der Waals surface area contributed by atoms with E-state index in [9.17, 15) is 26.3 Å². The van der Waals surface area contributed by atoms with Crippen molar-refractivity contribution in [3.05, 3.63) is 77.2 Å². The topological polar surface area (TPSA) is 85.7 Å². The van der Waals surface area contributed by atoms with Crippen molar-refractivity contribution in [2.75, 3.05) is 5.32 Å². The molecule has 1 aliphatic rings. The fourth-order valence-corrected chi connectivity index (χ4v) is 3.59. The zero-order valence-electron chi connectivity index (χ0n) is 18.0. The van der Waals surface area contributed by atoms with Crippen LogP contribution in [0.15, 0.2) is 54.7 Å². The Morgan fingerprint density at radius 1 is 0.750 bits per heavy atom. The molecular formula is C23H14F6N6O. The lowest BCUT2D eigenvalue weighted by molar-refractivity contribution is -0.141. The zero-order valence-corrected chi connectivity index (χ0v) is 18.0. The number of halogens is 6. The van der Waals surface area contributed by atoms with Crippen LogP contribution in [0.2, 0.25) is 0 Å². The third-order valence-electron chi connectivity index (χ3n) is 5.23. The number of alkyl halides is 6. The summed E-state index contributed by atoms with van der Waals surface area (Å²) in [4.78, 5) is 19.7. The number of nitrogens with one attached hydrogen (secondary N) is 1. The van der Waals surface area contributed by atoms with Crippen LogP contribution in [-0.4, -0.2) is 24.9 Å². The van der Waals surface area contributed by atoms with Gasteiger partial charge in [-0.3, -0.25) is 4.98 Å². The van der Waals surface area contributed by atoms with Crippen molar-refractivity contribution in [1.82, 2.24) is 24.9 Å². The summed E-state index contributed by atoms with van der Waals surface area (Å²) in [6.45, 7) is 0.648. The minimum Gasteiger partial charge on any atom is -0.372 e. The van der Waals surface area contributed by atoms with Gasteiger partial charge in [0.25, 0.3) is 0 Å². The summed E-state index contributed by atoms with van der Waals surface area (Å²) >= 11 is 0. The number of anilines is 2. The number of benzene rings is 1. The molecule has 36 heavy (non-hydrogen) atoms. The summed E-state index contributed by atoms with van der Waals surface area (Å²) in [6, 6.07) is 10.6. The van der Waals surface area contributed by atoms with E-state index in [2.05, 4.69) is 30.2 Å². The van der Waals surface area contributed by atoms with Gasteiger partial charge in [0.1, 0.15) is 17.1 Å². The van der Waals surface area contributed by atoms with E-state index >= 15 is 0 Å². The number of pyridine rings is 2. The van der Waals surface area contributed by atoms with Crippen LogP contribution in [0.25, 0.3) is 22.9 Å². The zero-order chi connectivity index (χ0) is 25.5. The highest BCUT2D eigenvalue weighted by molar-refractivity contribution is 5.67. The molecule has 0 atom stereocenters. The fraction of sp³-hybridized carbons (Fsp3) is 0.174. The van der Waals surface area contributed by atoms with Gasteiger partial charge in [-0.1, -0.05) is 24.3 Å². The van der Waals surface area contributed by atoms with Gasteiger partial charge >= 0.3 is 12.4 Å². The van der Waals surface area contributed by atoms with E-state index in [1.54, 1.807) is 12.1 Å². The molecule has 0 amide bonds. The first-order valence-electron chi connectivity index (χ1n) is 10.4. The predicted molar refractivity (Wildman–Crippen MR) is 115 cm³/mol. The van der Waals surface area contributed by atoms with Gasteiger partial charge in [-0.05, 0) is 35.4 Å². The molecule has 0 bridgehead atoms. The summed E-state index contributed by atoms with van der Waals surface area (Å²) in [5, 5.41) is 2.67. The number of hydrogen-bond donors (Lipinski definition) is 1. The summed E-state index contributed by atoms with van der Waals surface area (Å²) in [5.41, 5.74) is -0.264. The van der Waals surface area contributed by atoms with Crippen molar-refractivity contribution in [2.45, 2.75) is 25.6 Å². The highest BCUT2D eigenvalue weighted by Crippen LogP contribution is 2.33. The first kappa shape index (κ1) is 23.6. The lowest BCUT2D eigenvalue weighted by Crippen LogP contribution is -2.10. The maximum absolute atomic E-state index is 13.2. The Balaban J connectivity index is 1.63. The van der Waals surface area contributed by atoms with Crippen LogP contribution in [-0.2, 0) is 30.3 Å². The Labute approximate surface area is 199 Å². The molecule has 7 nitrogen and oxygen atoms in total. The van der Waals surface area contributed by atoms with E-state index < -0.39 is 23.7 Å². The lowest BCUT2D eigenvalue weighted by Gasteiger charge is -2.13. The predicted octanol–water partition coefficient (Wildman–Crippen LogP) is 5.81. The summed E-state index contributed by atoms with van der Waals surface area (Å²) < 4.78 is 84.5. The minimum atomic E-state index is -4.70. The Kier molecular flexibility index (Phi) is 5.79. The van der Waals surface area contributed by atoms with Crippen LogP contribution in [0.4, 0.5) is 38.0 Å². The number of hydrogen-bond acceptors (Lipinski definition) is 7. The molecule has 3 aromatic heterocycles. The van der Waals surface area contributed by atoms with Gasteiger partial charge in [0, 0.05) is 17.4 Å². The highest BCUT2D eigenvalue weighted by Gasteiger charge is 2.33. The van der Waals surface area contributed by atoms with Gasteiger partial charge in [-0.15, -0.1) is 0 Å². The number of ether oxygens (including phenoxy) is 1. The maximum Gasteiger partial charge on any atom is 0.433 e. The molecule has 0 spiro atoms. The first-order chi connectivity index (χ1) is 17.1. The van der Waals surface area contributed by atoms with Crippen LogP contribution in [0.5, 0.6) is 0 Å². The number of aromatic nitrogens is 5. The van der Waals surface area contributed by atoms with Crippen molar-refractivity contribution in [3.63, 3.8) is 0 Å². The van der Waals surface area contributed by atoms with E-state index in [-0.39, 0.29) is 35.6 Å². The molecule has 0 radical (unpaired) electrons. The highest BCUT2D eigenvalue weighted by atomic mass is 19.4. The average molecular weight is 504 g/mol. The largest absolute Gasteiger partial charge is 0.433 e. The normalized spacial score (nSPS) is 13.5. The first-order valence-corrected chi connectivity index (χ1v) is 10.4. The molecule has 4 aromatic rings. The second kappa shape index (κ2) is 8.82. The lowest BCUT2D eigenvalue weighted by atomic mass is 10.0. The van der Waals surface area contributed by atoms with Gasteiger partial charge in [0.15, 0.2) is 11.6 Å². The average Bonchev–Trinajstić information content (AvgIpc) is 3.32. The van der Waals surface area contributed by atoms with Gasteiger partial charge in [-0.25, -0.2) is 9.97 Å². The standard InChI is InChI=1S/C23H14F6N6O/c24-22(25,26)17-6-2-5-16(32-17)20-33-19(14-4-1-3-12-10-36-11-15(12)14)34-21(35-20)31-13-7-8-30-18(9-13)23(27,28)29/h1-9H,10-11H2,(H,30,31,33,34,35). The molecule has 0 saturated carbocycles. The van der Waals surface area contributed by atoms with Gasteiger partial charge in [0.2, 0.25) is 5.95 Å². The summed E-state index contributed by atoms with van der Waals surface area (Å²) in [6.07, 6.45) is -8.42. The quantitative estimate of drug-likeness (QED) is 0.351. The number of fused-ring (bicyclic) bond motifs is 1. The number of nitrogens with zero attached hydrogens (tertiary/aromatic N) is 5. The van der Waals surface area contributed by atoms with Crippen molar-refractivity contribution in [1.29, 1.82) is 0 Å². The Bertz CT molecular complexity index is 1440. The SMILES string of the molecule is FC(F)(F)c1cc(Nc2nc(-c3cccc(C(F)(F)F)n3)nc(-c3cccc4c3COC4)n2)ccn1. The van der Waals surface area contributed by atoms with E-state index in [1.165, 1.54) is 12.1 Å². The molecule has 1 N–H and O–H groups in total. The van der Waals surface area contributed by atoms with E-state index in [0.29, 0.717) is 12.2 Å².